The van der Waals surface area contributed by atoms with Crippen LogP contribution < -0.4 is 0 Å². The molecule has 0 radical (unpaired) electrons. The second kappa shape index (κ2) is 3.81. The lowest BCUT2D eigenvalue weighted by Crippen LogP contribution is -2.15. The zero-order chi connectivity index (χ0) is 12.8. The predicted molar refractivity (Wildman–Crippen MR) is 77.0 cm³/mol. The minimum absolute atomic E-state index is 0.155. The molecule has 92 valence electrons. The van der Waals surface area contributed by atoms with Gasteiger partial charge in [-0.25, -0.2) is 4.98 Å². The van der Waals surface area contributed by atoms with E-state index >= 15 is 0 Å². The van der Waals surface area contributed by atoms with Crippen LogP contribution in [0.1, 0.15) is 52.7 Å². The van der Waals surface area contributed by atoms with Gasteiger partial charge in [0.05, 0.1) is 15.7 Å². The Morgan fingerprint density at radius 3 is 1.94 bits per heavy atom. The third kappa shape index (κ3) is 2.23. The van der Waals surface area contributed by atoms with Crippen molar-refractivity contribution < 1.29 is 0 Å². The maximum atomic E-state index is 4.58. The Morgan fingerprint density at radius 2 is 1.41 bits per heavy atom. The lowest BCUT2D eigenvalue weighted by atomic mass is 9.81. The normalized spacial score (nSPS) is 13.3. The topological polar surface area (TPSA) is 12.9 Å². The van der Waals surface area contributed by atoms with E-state index in [0.717, 1.165) is 0 Å². The fourth-order valence-corrected chi connectivity index (χ4v) is 3.19. The Hall–Kier alpha value is -0.890. The maximum Gasteiger partial charge on any atom is 0.0852 e. The maximum absolute atomic E-state index is 4.58. The summed E-state index contributed by atoms with van der Waals surface area (Å²) in [5.74, 6) is 0. The fraction of sp³-hybridized carbons (Fsp3) is 0.533. The van der Waals surface area contributed by atoms with Crippen molar-refractivity contribution in [2.24, 2.45) is 0 Å². The third-order valence-electron chi connectivity index (χ3n) is 3.10. The molecule has 2 aromatic rings. The van der Waals surface area contributed by atoms with Crippen molar-refractivity contribution in [1.29, 1.82) is 0 Å². The first-order valence-electron chi connectivity index (χ1n) is 6.08. The number of aromatic nitrogens is 1. The van der Waals surface area contributed by atoms with E-state index in [-0.39, 0.29) is 10.8 Å². The number of fused-ring (bicyclic) bond motifs is 1. The molecule has 1 heterocycles. The number of benzene rings is 1. The van der Waals surface area contributed by atoms with Crippen LogP contribution in [-0.2, 0) is 10.8 Å². The molecule has 0 aliphatic rings. The van der Waals surface area contributed by atoms with Gasteiger partial charge in [-0.15, -0.1) is 11.3 Å². The molecule has 0 aliphatic carbocycles. The van der Waals surface area contributed by atoms with Crippen molar-refractivity contribution in [2.75, 3.05) is 0 Å². The number of hydrogen-bond donors (Lipinski definition) is 0. The molecule has 0 N–H and O–H groups in total. The van der Waals surface area contributed by atoms with Crippen molar-refractivity contribution in [2.45, 2.75) is 52.4 Å². The van der Waals surface area contributed by atoms with E-state index in [1.807, 2.05) is 5.51 Å². The third-order valence-corrected chi connectivity index (χ3v) is 3.96. The molecule has 0 amide bonds. The summed E-state index contributed by atoms with van der Waals surface area (Å²) in [6.45, 7) is 13.5. The van der Waals surface area contributed by atoms with Crippen LogP contribution >= 0.6 is 11.3 Å². The first-order chi connectivity index (χ1) is 7.71. The summed E-state index contributed by atoms with van der Waals surface area (Å²) >= 11 is 1.76. The van der Waals surface area contributed by atoms with Crippen molar-refractivity contribution in [3.05, 3.63) is 28.8 Å². The molecule has 0 atom stereocenters. The van der Waals surface area contributed by atoms with Crippen LogP contribution in [-0.4, -0.2) is 4.98 Å². The summed E-state index contributed by atoms with van der Waals surface area (Å²) in [5.41, 5.74) is 6.25. The van der Waals surface area contributed by atoms with Gasteiger partial charge in [-0.3, -0.25) is 0 Å². The van der Waals surface area contributed by atoms with Crippen molar-refractivity contribution >= 4 is 21.6 Å². The molecule has 0 saturated heterocycles. The van der Waals surface area contributed by atoms with E-state index in [1.165, 1.54) is 21.3 Å². The van der Waals surface area contributed by atoms with Gasteiger partial charge < -0.3 is 0 Å². The lowest BCUT2D eigenvalue weighted by molar-refractivity contribution is 0.585. The Balaban J connectivity index is 2.76. The molecule has 2 heteroatoms. The molecule has 0 fully saturated rings. The molecule has 0 spiro atoms. The molecule has 2 rings (SSSR count). The van der Waals surface area contributed by atoms with Gasteiger partial charge in [0.2, 0.25) is 0 Å². The van der Waals surface area contributed by atoms with Gasteiger partial charge in [-0.05, 0) is 22.0 Å². The molecule has 0 unspecified atom stereocenters. The quantitative estimate of drug-likeness (QED) is 0.646. The molecular formula is C15H21NS. The Kier molecular flexibility index (Phi) is 2.81. The van der Waals surface area contributed by atoms with E-state index < -0.39 is 0 Å². The second-order valence-electron chi connectivity index (χ2n) is 6.69. The highest BCUT2D eigenvalue weighted by molar-refractivity contribution is 7.17. The molecule has 1 aromatic heterocycles. The minimum Gasteiger partial charge on any atom is -0.244 e. The monoisotopic (exact) mass is 247 g/mol. The smallest absolute Gasteiger partial charge is 0.0852 e. The number of hydrogen-bond acceptors (Lipinski definition) is 2. The predicted octanol–water partition coefficient (Wildman–Crippen LogP) is 4.89. The second-order valence-corrected chi connectivity index (χ2v) is 7.55. The summed E-state index contributed by atoms with van der Waals surface area (Å²) in [5, 5.41) is 0. The zero-order valence-corrected chi connectivity index (χ0v) is 12.4. The number of rotatable bonds is 0. The summed E-state index contributed by atoms with van der Waals surface area (Å²) < 4.78 is 1.35. The average Bonchev–Trinajstić information content (AvgIpc) is 2.60. The van der Waals surface area contributed by atoms with Crippen molar-refractivity contribution in [1.82, 2.24) is 4.98 Å². The molecule has 0 aliphatic heterocycles. The van der Waals surface area contributed by atoms with Crippen molar-refractivity contribution in [3.63, 3.8) is 0 Å². The minimum atomic E-state index is 0.155. The first kappa shape index (κ1) is 12.6. The molecule has 0 saturated carbocycles. The Bertz CT molecular complexity index is 490. The summed E-state index contributed by atoms with van der Waals surface area (Å²) in [6.07, 6.45) is 0. The number of thiazole rings is 1. The van der Waals surface area contributed by atoms with Crippen LogP contribution in [0.3, 0.4) is 0 Å². The summed E-state index contributed by atoms with van der Waals surface area (Å²) in [6, 6.07) is 4.53. The lowest BCUT2D eigenvalue weighted by Gasteiger charge is -2.24. The van der Waals surface area contributed by atoms with E-state index in [2.05, 4.69) is 58.7 Å². The molecule has 0 bridgehead atoms. The van der Waals surface area contributed by atoms with Gasteiger partial charge in [0.1, 0.15) is 0 Å². The van der Waals surface area contributed by atoms with Crippen LogP contribution in [0.2, 0.25) is 0 Å². The van der Waals surface area contributed by atoms with Gasteiger partial charge in [0.25, 0.3) is 0 Å². The summed E-state index contributed by atoms with van der Waals surface area (Å²) in [4.78, 5) is 4.58. The largest absolute Gasteiger partial charge is 0.244 e. The van der Waals surface area contributed by atoms with Crippen LogP contribution in [0.4, 0.5) is 0 Å². The van der Waals surface area contributed by atoms with E-state index in [0.29, 0.717) is 0 Å². The van der Waals surface area contributed by atoms with Gasteiger partial charge in [-0.1, -0.05) is 53.7 Å². The van der Waals surface area contributed by atoms with Gasteiger partial charge in [0.15, 0.2) is 0 Å². The highest BCUT2D eigenvalue weighted by atomic mass is 32.1. The summed E-state index contributed by atoms with van der Waals surface area (Å²) in [7, 11) is 0. The Labute approximate surface area is 108 Å². The zero-order valence-electron chi connectivity index (χ0n) is 11.6. The van der Waals surface area contributed by atoms with Crippen LogP contribution in [0.25, 0.3) is 10.2 Å². The van der Waals surface area contributed by atoms with Gasteiger partial charge in [-0.2, -0.15) is 0 Å². The molecule has 1 aromatic carbocycles. The number of nitrogens with zero attached hydrogens (tertiary/aromatic N) is 1. The fourth-order valence-electron chi connectivity index (χ4n) is 2.15. The van der Waals surface area contributed by atoms with Crippen LogP contribution in [0.5, 0.6) is 0 Å². The molecule has 1 nitrogen and oxygen atoms in total. The van der Waals surface area contributed by atoms with Gasteiger partial charge >= 0.3 is 0 Å². The SMILES string of the molecule is CC(C)(C)c1ccc(C(C)(C)C)c2scnc12. The molecule has 17 heavy (non-hydrogen) atoms. The first-order valence-corrected chi connectivity index (χ1v) is 6.96. The van der Waals surface area contributed by atoms with Crippen LogP contribution in [0.15, 0.2) is 17.6 Å². The van der Waals surface area contributed by atoms with E-state index in [4.69, 9.17) is 0 Å². The standard InChI is InChI=1S/C15H21NS/c1-14(2,3)10-7-8-11(15(4,5)6)13-12(10)16-9-17-13/h7-9H,1-6H3. The van der Waals surface area contributed by atoms with E-state index in [9.17, 15) is 0 Å². The average molecular weight is 247 g/mol. The highest BCUT2D eigenvalue weighted by Crippen LogP contribution is 2.37. The van der Waals surface area contributed by atoms with Crippen molar-refractivity contribution in [3.8, 4) is 0 Å². The van der Waals surface area contributed by atoms with Gasteiger partial charge in [0, 0.05) is 0 Å². The van der Waals surface area contributed by atoms with Crippen LogP contribution in [0, 0.1) is 0 Å². The highest BCUT2D eigenvalue weighted by Gasteiger charge is 2.23. The Morgan fingerprint density at radius 1 is 0.882 bits per heavy atom. The molecular weight excluding hydrogens is 226 g/mol. The van der Waals surface area contributed by atoms with E-state index in [1.54, 1.807) is 11.3 Å².